The van der Waals surface area contributed by atoms with E-state index >= 15 is 0 Å². The molecule has 0 amide bonds. The van der Waals surface area contributed by atoms with Gasteiger partial charge in [0.15, 0.2) is 0 Å². The largest absolute Gasteiger partial charge is 0.396 e. The smallest absolute Gasteiger partial charge is 0.269 e. The molecular formula is C12H18N2O3. The summed E-state index contributed by atoms with van der Waals surface area (Å²) in [4.78, 5) is 10.1. The number of nitro benzene ring substituents is 1. The Morgan fingerprint density at radius 2 is 1.94 bits per heavy atom. The van der Waals surface area contributed by atoms with Gasteiger partial charge < -0.3 is 10.4 Å². The van der Waals surface area contributed by atoms with Gasteiger partial charge in [-0.15, -0.1) is 0 Å². The predicted molar refractivity (Wildman–Crippen MR) is 65.8 cm³/mol. The van der Waals surface area contributed by atoms with Gasteiger partial charge in [-0.05, 0) is 18.4 Å². The lowest BCUT2D eigenvalue weighted by Gasteiger charge is -2.16. The molecule has 0 aliphatic rings. The highest BCUT2D eigenvalue weighted by Crippen LogP contribution is 2.17. The van der Waals surface area contributed by atoms with Crippen molar-refractivity contribution >= 4 is 5.69 Å². The van der Waals surface area contributed by atoms with Gasteiger partial charge in [0, 0.05) is 31.3 Å². The summed E-state index contributed by atoms with van der Waals surface area (Å²) in [6, 6.07) is 6.62. The van der Waals surface area contributed by atoms with E-state index in [0.29, 0.717) is 6.54 Å². The van der Waals surface area contributed by atoms with Gasteiger partial charge in [-0.25, -0.2) is 0 Å². The second-order valence-corrected chi connectivity index (χ2v) is 4.27. The summed E-state index contributed by atoms with van der Waals surface area (Å²) in [5.41, 5.74) is 1.10. The molecule has 5 nitrogen and oxygen atoms in total. The first-order valence-electron chi connectivity index (χ1n) is 5.63. The summed E-state index contributed by atoms with van der Waals surface area (Å²) in [6.45, 7) is 4.81. The zero-order valence-corrected chi connectivity index (χ0v) is 10.1. The van der Waals surface area contributed by atoms with Crippen molar-refractivity contribution < 1.29 is 10.0 Å². The van der Waals surface area contributed by atoms with Crippen LogP contribution in [0.25, 0.3) is 0 Å². The van der Waals surface area contributed by atoms with Crippen LogP contribution < -0.4 is 5.32 Å². The van der Waals surface area contributed by atoms with E-state index in [0.717, 1.165) is 5.56 Å². The quantitative estimate of drug-likeness (QED) is 0.586. The lowest BCUT2D eigenvalue weighted by atomic mass is 10.1. The molecule has 0 aliphatic heterocycles. The Hall–Kier alpha value is -1.46. The van der Waals surface area contributed by atoms with Crippen LogP contribution in [0.4, 0.5) is 5.69 Å². The monoisotopic (exact) mass is 238 g/mol. The van der Waals surface area contributed by atoms with Gasteiger partial charge >= 0.3 is 0 Å². The number of aliphatic hydroxyl groups is 1. The number of hydrogen-bond acceptors (Lipinski definition) is 4. The van der Waals surface area contributed by atoms with Crippen LogP contribution in [0.1, 0.15) is 25.5 Å². The maximum atomic E-state index is 10.5. The summed E-state index contributed by atoms with van der Waals surface area (Å²) in [6.07, 6.45) is 0. The number of hydrogen-bond donors (Lipinski definition) is 2. The number of nitro groups is 1. The van der Waals surface area contributed by atoms with Crippen molar-refractivity contribution in [3.63, 3.8) is 0 Å². The molecule has 0 fully saturated rings. The Labute approximate surface area is 101 Å². The molecule has 94 valence electrons. The first-order valence-corrected chi connectivity index (χ1v) is 5.63. The van der Waals surface area contributed by atoms with Crippen molar-refractivity contribution in [1.29, 1.82) is 0 Å². The van der Waals surface area contributed by atoms with E-state index in [9.17, 15) is 10.1 Å². The fraction of sp³-hybridized carbons (Fsp3) is 0.500. The average molecular weight is 238 g/mol. The minimum absolute atomic E-state index is 0.102. The number of non-ortho nitro benzene ring substituents is 1. The number of nitrogens with zero attached hydrogens (tertiary/aromatic N) is 1. The fourth-order valence-electron chi connectivity index (χ4n) is 1.45. The first kappa shape index (κ1) is 13.6. The van der Waals surface area contributed by atoms with Crippen LogP contribution in [0, 0.1) is 16.0 Å². The molecule has 1 aromatic carbocycles. The number of benzene rings is 1. The lowest BCUT2D eigenvalue weighted by molar-refractivity contribution is -0.384. The third kappa shape index (κ3) is 4.13. The molecule has 2 N–H and O–H groups in total. The summed E-state index contributed by atoms with van der Waals surface area (Å²) in [5.74, 6) is 0.204. The van der Waals surface area contributed by atoms with Crippen molar-refractivity contribution in [3.05, 3.63) is 39.9 Å². The lowest BCUT2D eigenvalue weighted by Crippen LogP contribution is -2.26. The molecule has 0 spiro atoms. The molecular weight excluding hydrogens is 220 g/mol. The highest BCUT2D eigenvalue weighted by atomic mass is 16.6. The summed E-state index contributed by atoms with van der Waals surface area (Å²) >= 11 is 0. The first-order chi connectivity index (χ1) is 8.04. The second-order valence-electron chi connectivity index (χ2n) is 4.27. The van der Waals surface area contributed by atoms with Gasteiger partial charge in [-0.2, -0.15) is 0 Å². The van der Waals surface area contributed by atoms with E-state index in [1.807, 2.05) is 13.8 Å². The molecule has 17 heavy (non-hydrogen) atoms. The van der Waals surface area contributed by atoms with Crippen LogP contribution in [-0.4, -0.2) is 23.2 Å². The summed E-state index contributed by atoms with van der Waals surface area (Å²) in [7, 11) is 0. The van der Waals surface area contributed by atoms with E-state index < -0.39 is 4.92 Å². The fourth-order valence-corrected chi connectivity index (χ4v) is 1.45. The van der Waals surface area contributed by atoms with Crippen LogP contribution in [0.5, 0.6) is 0 Å². The normalized spacial score (nSPS) is 14.3. The van der Waals surface area contributed by atoms with Gasteiger partial charge in [0.2, 0.25) is 0 Å². The third-order valence-electron chi connectivity index (χ3n) is 2.69. The molecule has 2 unspecified atom stereocenters. The highest BCUT2D eigenvalue weighted by molar-refractivity contribution is 5.33. The van der Waals surface area contributed by atoms with Gasteiger partial charge in [-0.1, -0.05) is 19.1 Å². The Morgan fingerprint density at radius 3 is 2.41 bits per heavy atom. The van der Waals surface area contributed by atoms with Crippen LogP contribution in [0.15, 0.2) is 24.3 Å². The molecule has 1 aromatic rings. The van der Waals surface area contributed by atoms with Gasteiger partial charge in [0.05, 0.1) is 4.92 Å². The topological polar surface area (TPSA) is 75.4 Å². The minimum Gasteiger partial charge on any atom is -0.396 e. The van der Waals surface area contributed by atoms with E-state index in [1.165, 1.54) is 12.1 Å². The van der Waals surface area contributed by atoms with Crippen molar-refractivity contribution in [2.24, 2.45) is 5.92 Å². The molecule has 5 heteroatoms. The van der Waals surface area contributed by atoms with Crippen molar-refractivity contribution in [3.8, 4) is 0 Å². The zero-order valence-electron chi connectivity index (χ0n) is 10.1. The maximum Gasteiger partial charge on any atom is 0.269 e. The molecule has 0 saturated heterocycles. The minimum atomic E-state index is -0.407. The Kier molecular flexibility index (Phi) is 5.06. The maximum absolute atomic E-state index is 10.5. The Balaban J connectivity index is 2.57. The van der Waals surface area contributed by atoms with Crippen LogP contribution in [-0.2, 0) is 0 Å². The predicted octanol–water partition coefficient (Wildman–Crippen LogP) is 1.87. The Bertz CT molecular complexity index is 365. The molecule has 0 radical (unpaired) electrons. The molecule has 0 saturated carbocycles. The molecule has 0 aliphatic carbocycles. The molecule has 0 aromatic heterocycles. The van der Waals surface area contributed by atoms with E-state index in [2.05, 4.69) is 5.32 Å². The molecule has 2 atom stereocenters. The number of nitrogens with one attached hydrogen (secondary N) is 1. The molecule has 0 heterocycles. The van der Waals surface area contributed by atoms with Gasteiger partial charge in [-0.3, -0.25) is 10.1 Å². The van der Waals surface area contributed by atoms with Gasteiger partial charge in [0.25, 0.3) is 5.69 Å². The van der Waals surface area contributed by atoms with Crippen LogP contribution in [0.2, 0.25) is 0 Å². The average Bonchev–Trinajstić information content (AvgIpc) is 2.35. The number of aliphatic hydroxyl groups excluding tert-OH is 1. The number of rotatable bonds is 6. The zero-order chi connectivity index (χ0) is 12.8. The van der Waals surface area contributed by atoms with Crippen LogP contribution >= 0.6 is 0 Å². The van der Waals surface area contributed by atoms with Crippen molar-refractivity contribution in [2.75, 3.05) is 13.2 Å². The highest BCUT2D eigenvalue weighted by Gasteiger charge is 2.09. The summed E-state index contributed by atoms with van der Waals surface area (Å²) in [5, 5.41) is 22.7. The van der Waals surface area contributed by atoms with Gasteiger partial charge in [0.1, 0.15) is 0 Å². The third-order valence-corrected chi connectivity index (χ3v) is 2.69. The molecule has 1 rings (SSSR count). The van der Waals surface area contributed by atoms with E-state index in [1.54, 1.807) is 12.1 Å². The second kappa shape index (κ2) is 6.32. The van der Waals surface area contributed by atoms with Crippen molar-refractivity contribution in [1.82, 2.24) is 5.32 Å². The SMILES string of the molecule is CC(CO)CNC(C)c1ccc([N+](=O)[O-])cc1. The van der Waals surface area contributed by atoms with Crippen molar-refractivity contribution in [2.45, 2.75) is 19.9 Å². The standard InChI is InChI=1S/C12H18N2O3/c1-9(8-15)7-13-10(2)11-3-5-12(6-4-11)14(16)17/h3-6,9-10,13,15H,7-8H2,1-2H3. The Morgan fingerprint density at radius 1 is 1.35 bits per heavy atom. The van der Waals surface area contributed by atoms with E-state index in [4.69, 9.17) is 5.11 Å². The van der Waals surface area contributed by atoms with Crippen LogP contribution in [0.3, 0.4) is 0 Å². The van der Waals surface area contributed by atoms with E-state index in [-0.39, 0.29) is 24.3 Å². The molecule has 0 bridgehead atoms. The summed E-state index contributed by atoms with van der Waals surface area (Å²) < 4.78 is 0.